The topological polar surface area (TPSA) is 86.2 Å². The maximum Gasteiger partial charge on any atom is 0.226 e. The lowest BCUT2D eigenvalue weighted by molar-refractivity contribution is 0.388. The van der Waals surface area contributed by atoms with Crippen molar-refractivity contribution in [3.05, 3.63) is 59.6 Å². The van der Waals surface area contributed by atoms with E-state index in [0.717, 1.165) is 0 Å². The molecule has 3 rings (SSSR count). The minimum absolute atomic E-state index is 0.241. The zero-order valence-electron chi connectivity index (χ0n) is 12.2. The second-order valence-electron chi connectivity index (χ2n) is 5.12. The summed E-state index contributed by atoms with van der Waals surface area (Å²) < 4.78 is 47.4. The Morgan fingerprint density at radius 2 is 1.91 bits per heavy atom. The summed E-state index contributed by atoms with van der Waals surface area (Å²) in [6, 6.07) is 7.15. The van der Waals surface area contributed by atoms with Gasteiger partial charge in [0.05, 0.1) is 17.1 Å². The van der Waals surface area contributed by atoms with Crippen molar-refractivity contribution in [2.75, 3.05) is 0 Å². The van der Waals surface area contributed by atoms with Gasteiger partial charge in [-0.1, -0.05) is 5.16 Å². The number of oxazole rings is 1. The molecule has 0 amide bonds. The minimum atomic E-state index is -3.47. The summed E-state index contributed by atoms with van der Waals surface area (Å²) in [4.78, 5) is 4.13. The van der Waals surface area contributed by atoms with Crippen LogP contribution in [0.3, 0.4) is 0 Å². The fourth-order valence-corrected chi connectivity index (χ4v) is 3.33. The van der Waals surface area contributed by atoms with Crippen molar-refractivity contribution >= 4 is 9.84 Å². The lowest BCUT2D eigenvalue weighted by Gasteiger charge is -1.98. The highest BCUT2D eigenvalue weighted by atomic mass is 32.2. The third-order valence-electron chi connectivity index (χ3n) is 3.05. The molecule has 120 valence electrons. The van der Waals surface area contributed by atoms with Crippen LogP contribution in [0.2, 0.25) is 0 Å². The third kappa shape index (κ3) is 3.84. The number of hydrogen-bond donors (Lipinski definition) is 0. The standard InChI is InChI=1S/C15H13FN2O4S/c1-10-6-14(22-18-10)9-23(19,20)8-13-7-21-15(17-13)11-2-4-12(16)5-3-11/h2-7H,8-9H2,1H3. The van der Waals surface area contributed by atoms with E-state index in [2.05, 4.69) is 10.1 Å². The van der Waals surface area contributed by atoms with Crippen LogP contribution in [0.4, 0.5) is 4.39 Å². The van der Waals surface area contributed by atoms with E-state index in [4.69, 9.17) is 8.94 Å². The van der Waals surface area contributed by atoms with Crippen molar-refractivity contribution in [3.63, 3.8) is 0 Å². The van der Waals surface area contributed by atoms with Gasteiger partial charge in [0.25, 0.3) is 0 Å². The molecule has 0 aliphatic rings. The molecule has 6 nitrogen and oxygen atoms in total. The van der Waals surface area contributed by atoms with Gasteiger partial charge in [-0.25, -0.2) is 17.8 Å². The Bertz CT molecular complexity index is 913. The van der Waals surface area contributed by atoms with Gasteiger partial charge in [0.15, 0.2) is 15.6 Å². The summed E-state index contributed by atoms with van der Waals surface area (Å²) in [5.74, 6) is -0.384. The molecule has 8 heteroatoms. The van der Waals surface area contributed by atoms with E-state index in [-0.39, 0.29) is 34.7 Å². The van der Waals surface area contributed by atoms with Crippen LogP contribution in [-0.2, 0) is 21.3 Å². The molecule has 0 saturated heterocycles. The van der Waals surface area contributed by atoms with E-state index in [1.54, 1.807) is 13.0 Å². The number of nitrogens with zero attached hydrogens (tertiary/aromatic N) is 2. The van der Waals surface area contributed by atoms with E-state index in [9.17, 15) is 12.8 Å². The van der Waals surface area contributed by atoms with Gasteiger partial charge in [0, 0.05) is 11.6 Å². The first-order valence-electron chi connectivity index (χ1n) is 6.74. The van der Waals surface area contributed by atoms with E-state index >= 15 is 0 Å². The fourth-order valence-electron chi connectivity index (χ4n) is 2.08. The lowest BCUT2D eigenvalue weighted by Crippen LogP contribution is -2.07. The molecule has 0 unspecified atom stereocenters. The van der Waals surface area contributed by atoms with Crippen molar-refractivity contribution in [2.45, 2.75) is 18.4 Å². The Balaban J connectivity index is 1.74. The van der Waals surface area contributed by atoms with Crippen LogP contribution in [0.5, 0.6) is 0 Å². The molecule has 2 aromatic heterocycles. The summed E-state index contributed by atoms with van der Waals surface area (Å²) >= 11 is 0. The largest absolute Gasteiger partial charge is 0.444 e. The maximum absolute atomic E-state index is 12.9. The highest BCUT2D eigenvalue weighted by Gasteiger charge is 2.19. The lowest BCUT2D eigenvalue weighted by atomic mass is 10.2. The molecule has 23 heavy (non-hydrogen) atoms. The molecule has 0 atom stereocenters. The van der Waals surface area contributed by atoms with Crippen LogP contribution in [0.25, 0.3) is 11.5 Å². The predicted molar refractivity (Wildman–Crippen MR) is 79.5 cm³/mol. The molecular formula is C15H13FN2O4S. The molecule has 0 aliphatic heterocycles. The van der Waals surface area contributed by atoms with Crippen LogP contribution in [0, 0.1) is 12.7 Å². The first-order chi connectivity index (χ1) is 10.9. The quantitative estimate of drug-likeness (QED) is 0.712. The van der Waals surface area contributed by atoms with Gasteiger partial charge < -0.3 is 8.94 Å². The summed E-state index contributed by atoms with van der Waals surface area (Å²) in [5.41, 5.74) is 1.47. The Labute approximate surface area is 131 Å². The molecule has 0 spiro atoms. The average Bonchev–Trinajstić information content (AvgIpc) is 3.08. The summed E-state index contributed by atoms with van der Waals surface area (Å²) in [6.07, 6.45) is 1.28. The average molecular weight is 336 g/mol. The monoisotopic (exact) mass is 336 g/mol. The molecule has 0 bridgehead atoms. The van der Waals surface area contributed by atoms with Crippen LogP contribution >= 0.6 is 0 Å². The van der Waals surface area contributed by atoms with E-state index in [0.29, 0.717) is 11.3 Å². The highest BCUT2D eigenvalue weighted by molar-refractivity contribution is 7.89. The molecule has 0 radical (unpaired) electrons. The number of hydrogen-bond acceptors (Lipinski definition) is 6. The van der Waals surface area contributed by atoms with Crippen molar-refractivity contribution in [2.24, 2.45) is 0 Å². The molecule has 3 aromatic rings. The smallest absolute Gasteiger partial charge is 0.226 e. The number of sulfone groups is 1. The second kappa shape index (κ2) is 5.96. The van der Waals surface area contributed by atoms with Gasteiger partial charge in [-0.05, 0) is 31.2 Å². The zero-order chi connectivity index (χ0) is 16.4. The summed E-state index contributed by atoms with van der Waals surface area (Å²) in [6.45, 7) is 1.71. The van der Waals surface area contributed by atoms with Crippen LogP contribution in [0.1, 0.15) is 17.1 Å². The van der Waals surface area contributed by atoms with Crippen LogP contribution < -0.4 is 0 Å². The highest BCUT2D eigenvalue weighted by Crippen LogP contribution is 2.20. The van der Waals surface area contributed by atoms with Gasteiger partial charge in [0.1, 0.15) is 17.8 Å². The maximum atomic E-state index is 12.9. The van der Waals surface area contributed by atoms with Crippen LogP contribution in [-0.4, -0.2) is 18.6 Å². The number of aromatic nitrogens is 2. The van der Waals surface area contributed by atoms with Gasteiger partial charge in [0.2, 0.25) is 5.89 Å². The second-order valence-corrected chi connectivity index (χ2v) is 7.18. The normalized spacial score (nSPS) is 11.7. The molecule has 0 N–H and O–H groups in total. The van der Waals surface area contributed by atoms with Gasteiger partial charge in [-0.2, -0.15) is 0 Å². The van der Waals surface area contributed by atoms with Gasteiger partial charge in [-0.3, -0.25) is 0 Å². The summed E-state index contributed by atoms with van der Waals surface area (Å²) in [5, 5.41) is 3.65. The SMILES string of the molecule is Cc1cc(CS(=O)(=O)Cc2coc(-c3ccc(F)cc3)n2)on1. The molecular weight excluding hydrogens is 323 g/mol. The molecule has 0 aliphatic carbocycles. The van der Waals surface area contributed by atoms with Crippen molar-refractivity contribution < 1.29 is 21.7 Å². The van der Waals surface area contributed by atoms with E-state index in [1.165, 1.54) is 30.5 Å². The van der Waals surface area contributed by atoms with Crippen molar-refractivity contribution in [1.82, 2.24) is 10.1 Å². The zero-order valence-corrected chi connectivity index (χ0v) is 13.0. The first kappa shape index (κ1) is 15.4. The van der Waals surface area contributed by atoms with Crippen LogP contribution in [0.15, 0.2) is 45.5 Å². The Kier molecular flexibility index (Phi) is 3.99. The summed E-state index contributed by atoms with van der Waals surface area (Å²) in [7, 11) is -3.47. The molecule has 0 saturated carbocycles. The van der Waals surface area contributed by atoms with E-state index < -0.39 is 9.84 Å². The fraction of sp³-hybridized carbons (Fsp3) is 0.200. The Morgan fingerprint density at radius 1 is 1.17 bits per heavy atom. The minimum Gasteiger partial charge on any atom is -0.444 e. The molecule has 2 heterocycles. The van der Waals surface area contributed by atoms with E-state index in [1.807, 2.05) is 0 Å². The predicted octanol–water partition coefficient (Wildman–Crippen LogP) is 2.89. The third-order valence-corrected chi connectivity index (χ3v) is 4.51. The van der Waals surface area contributed by atoms with Crippen molar-refractivity contribution in [1.29, 1.82) is 0 Å². The number of halogens is 1. The van der Waals surface area contributed by atoms with Crippen molar-refractivity contribution in [3.8, 4) is 11.5 Å². The molecule has 0 fully saturated rings. The first-order valence-corrected chi connectivity index (χ1v) is 8.56. The number of benzene rings is 1. The molecule has 1 aromatic carbocycles. The van der Waals surface area contributed by atoms with Gasteiger partial charge >= 0.3 is 0 Å². The van der Waals surface area contributed by atoms with Gasteiger partial charge in [-0.15, -0.1) is 0 Å². The number of rotatable bonds is 5. The number of aryl methyl sites for hydroxylation is 1. The Morgan fingerprint density at radius 3 is 2.57 bits per heavy atom. The Hall–Kier alpha value is -2.48.